The van der Waals surface area contributed by atoms with Crippen molar-refractivity contribution in [2.45, 2.75) is 224 Å². The Morgan fingerprint density at radius 1 is 0.349 bits per heavy atom. The second-order valence-corrected chi connectivity index (χ2v) is 32.1. The van der Waals surface area contributed by atoms with Crippen molar-refractivity contribution in [3.63, 3.8) is 0 Å². The van der Waals surface area contributed by atoms with Crippen LogP contribution >= 0.6 is 27.5 Å². The van der Waals surface area contributed by atoms with Gasteiger partial charge in [-0.25, -0.2) is 0 Å². The van der Waals surface area contributed by atoms with Gasteiger partial charge in [0, 0.05) is 63.5 Å². The summed E-state index contributed by atoms with van der Waals surface area (Å²) in [6, 6.07) is 54.3. The van der Waals surface area contributed by atoms with Crippen LogP contribution in [0, 0.1) is 18.3 Å². The number of aromatic nitrogens is 4. The molecule has 0 spiro atoms. The fourth-order valence-corrected chi connectivity index (χ4v) is 8.95. The lowest BCUT2D eigenvalue weighted by Crippen LogP contribution is -2.20. The molecule has 0 saturated heterocycles. The van der Waals surface area contributed by atoms with E-state index in [0.29, 0.717) is 10.8 Å². The van der Waals surface area contributed by atoms with Crippen LogP contribution in [-0.4, -0.2) is 19.9 Å². The molecule has 0 amide bonds. The highest BCUT2D eigenvalue weighted by molar-refractivity contribution is 9.10. The fraction of sp³-hybridized carbons (Fsp3) is 0.450. The first kappa shape index (κ1) is 76.3. The smallest absolute Gasteiger partial charge is 0.0457 e. The van der Waals surface area contributed by atoms with E-state index in [1.54, 1.807) is 17.3 Å². The van der Waals surface area contributed by atoms with Gasteiger partial charge in [-0.2, -0.15) is 0 Å². The molecule has 0 unspecified atom stereocenters. The zero-order chi connectivity index (χ0) is 65.4. The number of benzene rings is 4. The standard InChI is InChI=1S/C13H18.C10H13Br.C10H13Cl.C10H15N.C10H14.3C9H13N/c1-13(2,3)12-8-10-6-4-5-7-11(10)9-12;1-10(2,3)8-4-6-9(11)7-5-8;1-10(2,3)8-5-4-6-9(11)7-8;1-8-7-9(5-6-11-8)10(2,3)4;1-10(2,3)9-7-5-4-6-8-9;1-9(2,3)8-4-6-10-7-5-8;1-9(2,3)8-5-4-6-10-7-8;1-9(2,3)8-6-4-5-7-10-8/h4-7,12H,8-9H2,1-3H3;2*4-7H,1-3H3;5-7H,1-4H3;4-8H,1-3H3;3*4-7H,1-3H3. The zero-order valence-electron chi connectivity index (χ0n) is 58.0. The van der Waals surface area contributed by atoms with Gasteiger partial charge in [-0.1, -0.05) is 285 Å². The predicted octanol–water partition coefficient (Wildman–Crippen LogP) is 23.6. The largest absolute Gasteiger partial charge is 0.265 e. The summed E-state index contributed by atoms with van der Waals surface area (Å²) in [5.41, 5.74) is 15.5. The Balaban J connectivity index is 0.000000336. The van der Waals surface area contributed by atoms with Gasteiger partial charge in [-0.3, -0.25) is 19.9 Å². The van der Waals surface area contributed by atoms with Crippen LogP contribution < -0.4 is 0 Å². The molecular formula is C80H112BrClN4. The number of hydrogen-bond donors (Lipinski definition) is 0. The van der Waals surface area contributed by atoms with E-state index in [1.807, 2.05) is 74.3 Å². The summed E-state index contributed by atoms with van der Waals surface area (Å²) < 4.78 is 1.14. The first-order chi connectivity index (χ1) is 39.5. The molecule has 4 aromatic carbocycles. The Morgan fingerprint density at radius 2 is 0.767 bits per heavy atom. The number of halogens is 2. The summed E-state index contributed by atoms with van der Waals surface area (Å²) in [4.78, 5) is 16.4. The second kappa shape index (κ2) is 34.1. The minimum absolute atomic E-state index is 0.182. The van der Waals surface area contributed by atoms with Crippen LogP contribution in [0.25, 0.3) is 0 Å². The van der Waals surface area contributed by atoms with E-state index in [-0.39, 0.29) is 32.5 Å². The van der Waals surface area contributed by atoms with Gasteiger partial charge in [0.1, 0.15) is 0 Å². The summed E-state index contributed by atoms with van der Waals surface area (Å²) in [5, 5.41) is 0.817. The van der Waals surface area contributed by atoms with Crippen LogP contribution in [0.15, 0.2) is 199 Å². The average Bonchev–Trinajstić information content (AvgIpc) is 3.83. The number of pyridine rings is 4. The van der Waals surface area contributed by atoms with Gasteiger partial charge in [0.2, 0.25) is 0 Å². The van der Waals surface area contributed by atoms with Crippen LogP contribution in [0.2, 0.25) is 5.02 Å². The predicted molar refractivity (Wildman–Crippen MR) is 381 cm³/mol. The fourth-order valence-electron chi connectivity index (χ4n) is 8.49. The molecule has 466 valence electrons. The SMILES string of the molecule is CC(C)(C)C1Cc2ccccc2C1.CC(C)(C)c1ccc(Br)cc1.CC(C)(C)c1cccc(Cl)c1.CC(C)(C)c1ccccc1.CC(C)(C)c1ccccn1.CC(C)(C)c1cccnc1.CC(C)(C)c1ccncc1.Cc1cc(C(C)(C)C)ccn1. The molecule has 86 heavy (non-hydrogen) atoms. The maximum atomic E-state index is 5.85. The zero-order valence-corrected chi connectivity index (χ0v) is 60.4. The highest BCUT2D eigenvalue weighted by atomic mass is 79.9. The topological polar surface area (TPSA) is 51.6 Å². The van der Waals surface area contributed by atoms with Crippen molar-refractivity contribution in [1.29, 1.82) is 0 Å². The van der Waals surface area contributed by atoms with Gasteiger partial charge in [-0.05, 0) is 175 Å². The summed E-state index contributed by atoms with van der Waals surface area (Å²) in [5.74, 6) is 0.838. The second-order valence-electron chi connectivity index (χ2n) is 30.8. The van der Waals surface area contributed by atoms with Gasteiger partial charge >= 0.3 is 0 Å². The summed E-state index contributed by atoms with van der Waals surface area (Å²) in [6.07, 6.45) is 13.6. The van der Waals surface area contributed by atoms with Crippen molar-refractivity contribution in [1.82, 2.24) is 19.9 Å². The van der Waals surface area contributed by atoms with E-state index in [4.69, 9.17) is 11.6 Å². The Bertz CT molecular complexity index is 2820. The monoisotopic (exact) mass is 1240 g/mol. The van der Waals surface area contributed by atoms with Crippen molar-refractivity contribution in [2.75, 3.05) is 0 Å². The quantitative estimate of drug-likeness (QED) is 0.152. The molecule has 0 radical (unpaired) electrons. The number of rotatable bonds is 0. The Hall–Kier alpha value is -5.75. The van der Waals surface area contributed by atoms with Crippen molar-refractivity contribution >= 4 is 27.5 Å². The molecule has 4 heterocycles. The third-order valence-corrected chi connectivity index (χ3v) is 15.4. The molecule has 0 saturated carbocycles. The third-order valence-electron chi connectivity index (χ3n) is 14.6. The molecule has 9 rings (SSSR count). The molecule has 4 aromatic heterocycles. The van der Waals surface area contributed by atoms with Crippen molar-refractivity contribution in [3.05, 3.63) is 260 Å². The Morgan fingerprint density at radius 3 is 1.10 bits per heavy atom. The summed E-state index contributed by atoms with van der Waals surface area (Å²) >= 11 is 9.26. The van der Waals surface area contributed by atoms with Crippen LogP contribution in [-0.2, 0) is 50.7 Å². The lowest BCUT2D eigenvalue weighted by atomic mass is 9.79. The van der Waals surface area contributed by atoms with E-state index in [0.717, 1.165) is 26.8 Å². The van der Waals surface area contributed by atoms with Gasteiger partial charge < -0.3 is 0 Å². The minimum atomic E-state index is 0.182. The van der Waals surface area contributed by atoms with Gasteiger partial charge in [0.25, 0.3) is 0 Å². The van der Waals surface area contributed by atoms with Crippen molar-refractivity contribution < 1.29 is 0 Å². The molecular weight excluding hydrogens is 1130 g/mol. The molecule has 4 nitrogen and oxygen atoms in total. The normalized spacial score (nSPS) is 12.5. The van der Waals surface area contributed by atoms with Gasteiger partial charge in [0.05, 0.1) is 0 Å². The average molecular weight is 1250 g/mol. The van der Waals surface area contributed by atoms with E-state index in [9.17, 15) is 0 Å². The molecule has 1 aliphatic rings. The summed E-state index contributed by atoms with van der Waals surface area (Å²) in [7, 11) is 0. The van der Waals surface area contributed by atoms with Crippen molar-refractivity contribution in [3.8, 4) is 0 Å². The van der Waals surface area contributed by atoms with E-state index >= 15 is 0 Å². The molecule has 1 aliphatic carbocycles. The highest BCUT2D eigenvalue weighted by Gasteiger charge is 2.30. The van der Waals surface area contributed by atoms with E-state index in [2.05, 4.69) is 323 Å². The van der Waals surface area contributed by atoms with Gasteiger partial charge in [-0.15, -0.1) is 0 Å². The van der Waals surface area contributed by atoms with Crippen LogP contribution in [0.3, 0.4) is 0 Å². The van der Waals surface area contributed by atoms with Crippen LogP contribution in [0.1, 0.15) is 222 Å². The Labute approximate surface area is 539 Å². The Kier molecular flexibility index (Phi) is 30.3. The van der Waals surface area contributed by atoms with Gasteiger partial charge in [0.15, 0.2) is 0 Å². The van der Waals surface area contributed by atoms with Crippen LogP contribution in [0.5, 0.6) is 0 Å². The molecule has 8 aromatic rings. The maximum Gasteiger partial charge on any atom is 0.0457 e. The highest BCUT2D eigenvalue weighted by Crippen LogP contribution is 2.38. The molecule has 0 atom stereocenters. The maximum absolute atomic E-state index is 5.85. The number of fused-ring (bicyclic) bond motifs is 1. The molecule has 0 aliphatic heterocycles. The summed E-state index contributed by atoms with van der Waals surface area (Å²) in [6.45, 7) is 55.2. The van der Waals surface area contributed by atoms with Crippen molar-refractivity contribution in [2.24, 2.45) is 11.3 Å². The third kappa shape index (κ3) is 30.7. The van der Waals surface area contributed by atoms with E-state index in [1.165, 1.54) is 46.2 Å². The van der Waals surface area contributed by atoms with E-state index < -0.39 is 0 Å². The number of hydrogen-bond acceptors (Lipinski definition) is 4. The molecule has 0 fully saturated rings. The molecule has 0 N–H and O–H groups in total. The first-order valence-electron chi connectivity index (χ1n) is 30.8. The van der Waals surface area contributed by atoms with Crippen LogP contribution in [0.4, 0.5) is 0 Å². The lowest BCUT2D eigenvalue weighted by Gasteiger charge is -2.26. The minimum Gasteiger partial charge on any atom is -0.265 e. The first-order valence-corrected chi connectivity index (χ1v) is 32.0. The number of aryl methyl sites for hydroxylation is 1. The lowest BCUT2D eigenvalue weighted by molar-refractivity contribution is 0.251. The number of nitrogens with zero attached hydrogens (tertiary/aromatic N) is 4. The molecule has 6 heteroatoms. The molecule has 0 bridgehead atoms.